The van der Waals surface area contributed by atoms with E-state index in [1.54, 1.807) is 0 Å². The summed E-state index contributed by atoms with van der Waals surface area (Å²) in [5.74, 6) is 0. The van der Waals surface area contributed by atoms with E-state index in [0.717, 1.165) is 17.1 Å². The van der Waals surface area contributed by atoms with Gasteiger partial charge in [0.15, 0.2) is 0 Å². The van der Waals surface area contributed by atoms with E-state index in [-0.39, 0.29) is 0 Å². The number of para-hydroxylation sites is 1. The molecule has 0 aliphatic rings. The fraction of sp³-hybridized carbons (Fsp3) is 0. The Morgan fingerprint density at radius 3 is 1.41 bits per heavy atom. The number of benzene rings is 7. The standard InChI is InChI=1S/C42H29NS/c1-3-10-30(11-4-1)31-18-20-32(21-19-31)33-22-26-36(27-23-33)43(35-12-5-2-6-13-35)37-28-24-34(25-29-37)38-15-9-16-40-39-14-7-8-17-41(39)44-42(38)40/h1-29H. The Morgan fingerprint density at radius 2 is 0.773 bits per heavy atom. The molecule has 0 N–H and O–H groups in total. The monoisotopic (exact) mass is 579 g/mol. The molecule has 8 aromatic rings. The molecule has 0 unspecified atom stereocenters. The number of hydrogen-bond acceptors (Lipinski definition) is 2. The maximum absolute atomic E-state index is 2.33. The van der Waals surface area contributed by atoms with Gasteiger partial charge in [-0.05, 0) is 75.8 Å². The molecule has 208 valence electrons. The molecule has 2 heteroatoms. The summed E-state index contributed by atoms with van der Waals surface area (Å²) >= 11 is 1.88. The molecule has 0 spiro atoms. The van der Waals surface area contributed by atoms with Crippen molar-refractivity contribution in [3.63, 3.8) is 0 Å². The van der Waals surface area contributed by atoms with E-state index in [0.29, 0.717) is 0 Å². The zero-order chi connectivity index (χ0) is 29.3. The van der Waals surface area contributed by atoms with Crippen molar-refractivity contribution >= 4 is 48.6 Å². The number of thiophene rings is 1. The summed E-state index contributed by atoms with van der Waals surface area (Å²) in [4.78, 5) is 2.33. The molecular weight excluding hydrogens is 551 g/mol. The number of hydrogen-bond donors (Lipinski definition) is 0. The molecule has 0 fully saturated rings. The second-order valence-electron chi connectivity index (χ2n) is 11.0. The van der Waals surface area contributed by atoms with Crippen molar-refractivity contribution in [2.75, 3.05) is 4.90 Å². The molecule has 0 radical (unpaired) electrons. The normalized spacial score (nSPS) is 11.2. The molecule has 8 rings (SSSR count). The second-order valence-corrected chi connectivity index (χ2v) is 12.0. The van der Waals surface area contributed by atoms with Gasteiger partial charge < -0.3 is 4.90 Å². The van der Waals surface area contributed by atoms with Gasteiger partial charge in [-0.3, -0.25) is 0 Å². The van der Waals surface area contributed by atoms with Gasteiger partial charge in [-0.2, -0.15) is 0 Å². The number of rotatable bonds is 6. The Hall–Kier alpha value is -5.44. The van der Waals surface area contributed by atoms with Crippen molar-refractivity contribution in [3.05, 3.63) is 176 Å². The molecule has 1 aromatic heterocycles. The lowest BCUT2D eigenvalue weighted by Gasteiger charge is -2.26. The van der Waals surface area contributed by atoms with Crippen molar-refractivity contribution in [2.24, 2.45) is 0 Å². The first-order valence-electron chi connectivity index (χ1n) is 14.9. The van der Waals surface area contributed by atoms with Crippen molar-refractivity contribution in [3.8, 4) is 33.4 Å². The Kier molecular flexibility index (Phi) is 6.75. The van der Waals surface area contributed by atoms with Crippen LogP contribution in [0.2, 0.25) is 0 Å². The van der Waals surface area contributed by atoms with Crippen LogP contribution in [0.5, 0.6) is 0 Å². The Labute approximate surface area is 261 Å². The van der Waals surface area contributed by atoms with Crippen LogP contribution >= 0.6 is 11.3 Å². The van der Waals surface area contributed by atoms with Crippen LogP contribution in [0.4, 0.5) is 17.1 Å². The van der Waals surface area contributed by atoms with Crippen LogP contribution < -0.4 is 4.90 Å². The average molecular weight is 580 g/mol. The van der Waals surface area contributed by atoms with Gasteiger partial charge in [0.2, 0.25) is 0 Å². The second kappa shape index (κ2) is 11.3. The fourth-order valence-electron chi connectivity index (χ4n) is 6.08. The van der Waals surface area contributed by atoms with Gasteiger partial charge in [0, 0.05) is 37.2 Å². The van der Waals surface area contributed by atoms with Gasteiger partial charge in [-0.15, -0.1) is 11.3 Å². The number of anilines is 3. The molecule has 0 saturated heterocycles. The lowest BCUT2D eigenvalue weighted by molar-refractivity contribution is 1.28. The summed E-state index contributed by atoms with van der Waals surface area (Å²) < 4.78 is 2.67. The van der Waals surface area contributed by atoms with Crippen LogP contribution in [0.1, 0.15) is 0 Å². The molecule has 0 saturated carbocycles. The zero-order valence-corrected chi connectivity index (χ0v) is 24.9. The molecule has 0 bridgehead atoms. The van der Waals surface area contributed by atoms with Gasteiger partial charge in [0.25, 0.3) is 0 Å². The van der Waals surface area contributed by atoms with Crippen LogP contribution in [0, 0.1) is 0 Å². The molecule has 44 heavy (non-hydrogen) atoms. The van der Waals surface area contributed by atoms with Crippen LogP contribution in [0.25, 0.3) is 53.6 Å². The van der Waals surface area contributed by atoms with E-state index >= 15 is 0 Å². The molecule has 0 aliphatic heterocycles. The lowest BCUT2D eigenvalue weighted by Crippen LogP contribution is -2.09. The van der Waals surface area contributed by atoms with E-state index in [9.17, 15) is 0 Å². The van der Waals surface area contributed by atoms with Crippen molar-refractivity contribution in [1.82, 2.24) is 0 Å². The van der Waals surface area contributed by atoms with Gasteiger partial charge in [0.05, 0.1) is 0 Å². The summed E-state index contributed by atoms with van der Waals surface area (Å²) in [7, 11) is 0. The molecule has 1 nitrogen and oxygen atoms in total. The smallest absolute Gasteiger partial charge is 0.0462 e. The molecule has 0 aliphatic carbocycles. The highest BCUT2D eigenvalue weighted by Crippen LogP contribution is 2.41. The van der Waals surface area contributed by atoms with Crippen LogP contribution in [-0.4, -0.2) is 0 Å². The van der Waals surface area contributed by atoms with Crippen LogP contribution in [0.15, 0.2) is 176 Å². The van der Waals surface area contributed by atoms with E-state index < -0.39 is 0 Å². The highest BCUT2D eigenvalue weighted by atomic mass is 32.1. The summed E-state index contributed by atoms with van der Waals surface area (Å²) in [6.45, 7) is 0. The first-order chi connectivity index (χ1) is 21.8. The SMILES string of the molecule is c1ccc(-c2ccc(-c3ccc(N(c4ccccc4)c4ccc(-c5cccc6c5sc5ccccc56)cc4)cc3)cc2)cc1. The topological polar surface area (TPSA) is 3.24 Å². The molecular formula is C42H29NS. The Morgan fingerprint density at radius 1 is 0.318 bits per heavy atom. The van der Waals surface area contributed by atoms with Crippen LogP contribution in [0.3, 0.4) is 0 Å². The lowest BCUT2D eigenvalue weighted by atomic mass is 10.00. The fourth-order valence-corrected chi connectivity index (χ4v) is 7.32. The third kappa shape index (κ3) is 4.86. The van der Waals surface area contributed by atoms with Crippen molar-refractivity contribution in [1.29, 1.82) is 0 Å². The maximum Gasteiger partial charge on any atom is 0.0462 e. The third-order valence-electron chi connectivity index (χ3n) is 8.31. The Bertz CT molecular complexity index is 2180. The average Bonchev–Trinajstić information content (AvgIpc) is 3.49. The van der Waals surface area contributed by atoms with Crippen molar-refractivity contribution in [2.45, 2.75) is 0 Å². The first kappa shape index (κ1) is 26.2. The highest BCUT2D eigenvalue weighted by Gasteiger charge is 2.14. The summed E-state index contributed by atoms with van der Waals surface area (Å²) in [5.41, 5.74) is 10.8. The number of fused-ring (bicyclic) bond motifs is 3. The molecule has 0 amide bonds. The van der Waals surface area contributed by atoms with Gasteiger partial charge >= 0.3 is 0 Å². The quantitative estimate of drug-likeness (QED) is 0.189. The van der Waals surface area contributed by atoms with Gasteiger partial charge in [-0.25, -0.2) is 0 Å². The molecule has 0 atom stereocenters. The zero-order valence-electron chi connectivity index (χ0n) is 24.1. The highest BCUT2D eigenvalue weighted by molar-refractivity contribution is 7.26. The largest absolute Gasteiger partial charge is 0.311 e. The van der Waals surface area contributed by atoms with Crippen molar-refractivity contribution < 1.29 is 0 Å². The van der Waals surface area contributed by atoms with E-state index in [1.807, 2.05) is 11.3 Å². The van der Waals surface area contributed by atoms with Gasteiger partial charge in [0.1, 0.15) is 0 Å². The van der Waals surface area contributed by atoms with E-state index in [4.69, 9.17) is 0 Å². The summed E-state index contributed by atoms with van der Waals surface area (Å²) in [6.07, 6.45) is 0. The molecule has 1 heterocycles. The van der Waals surface area contributed by atoms with Gasteiger partial charge in [-0.1, -0.05) is 133 Å². The third-order valence-corrected chi connectivity index (χ3v) is 9.53. The van der Waals surface area contributed by atoms with Crippen LogP contribution in [-0.2, 0) is 0 Å². The van der Waals surface area contributed by atoms with E-state index in [2.05, 4.69) is 181 Å². The molecule has 7 aromatic carbocycles. The predicted octanol–water partition coefficient (Wildman–Crippen LogP) is 12.5. The first-order valence-corrected chi connectivity index (χ1v) is 15.8. The minimum absolute atomic E-state index is 1.13. The maximum atomic E-state index is 2.33. The van der Waals surface area contributed by atoms with E-state index in [1.165, 1.54) is 53.6 Å². The predicted molar refractivity (Wildman–Crippen MR) is 190 cm³/mol. The minimum atomic E-state index is 1.13. The summed E-state index contributed by atoms with van der Waals surface area (Å²) in [6, 6.07) is 63.2. The Balaban J connectivity index is 1.13. The summed E-state index contributed by atoms with van der Waals surface area (Å²) in [5, 5.41) is 2.66. The minimum Gasteiger partial charge on any atom is -0.311 e. The number of nitrogens with zero attached hydrogens (tertiary/aromatic N) is 1.